The highest BCUT2D eigenvalue weighted by atomic mass is 31.2. The molecule has 0 radical (unpaired) electrons. The standard InChI is InChI=1S/C46H82NO9P/c1-6-7-8-9-10-11-12-13-15-20-23-26-29-32-35-38-46(50)56-44(42-55-57(51,52)54-40-39-47(3,4)5)41-53-45(49)37-34-31-28-25-22-19-17-14-16-18-21-24-27-30-33-36-43(2)48/h11-12,16-19,24-25,27-28,43-44,48H,6-10,13-15,20-23,26,29-42H2,1-5H3/p+1/b12-11-,18-16-,19-17-,27-24-,28-25-/t43-,44-/m1/s1. The second-order valence-electron chi connectivity index (χ2n) is 16.0. The summed E-state index contributed by atoms with van der Waals surface area (Å²) in [5.41, 5.74) is 0. The number of rotatable bonds is 39. The Morgan fingerprint density at radius 3 is 1.65 bits per heavy atom. The molecule has 1 unspecified atom stereocenters. The van der Waals surface area contributed by atoms with E-state index in [1.54, 1.807) is 0 Å². The monoisotopic (exact) mass is 825 g/mol. The molecule has 2 N–H and O–H groups in total. The molecule has 0 bridgehead atoms. The summed E-state index contributed by atoms with van der Waals surface area (Å²) in [6, 6.07) is 0. The highest BCUT2D eigenvalue weighted by molar-refractivity contribution is 7.47. The van der Waals surface area contributed by atoms with Crippen LogP contribution in [0.15, 0.2) is 60.8 Å². The van der Waals surface area contributed by atoms with Gasteiger partial charge in [-0.05, 0) is 90.4 Å². The van der Waals surface area contributed by atoms with Crippen LogP contribution in [0.2, 0.25) is 0 Å². The zero-order chi connectivity index (χ0) is 42.3. The number of likely N-dealkylation sites (N-methyl/N-ethyl adjacent to an activating group) is 1. The van der Waals surface area contributed by atoms with Crippen molar-refractivity contribution in [1.29, 1.82) is 0 Å². The van der Waals surface area contributed by atoms with Crippen LogP contribution in [0.25, 0.3) is 0 Å². The first-order chi connectivity index (χ1) is 27.3. The Balaban J connectivity index is 4.46. The van der Waals surface area contributed by atoms with E-state index in [1.807, 2.05) is 34.1 Å². The number of hydrogen-bond acceptors (Lipinski definition) is 8. The Bertz CT molecular complexity index is 1170. The van der Waals surface area contributed by atoms with Crippen molar-refractivity contribution >= 4 is 19.8 Å². The summed E-state index contributed by atoms with van der Waals surface area (Å²) in [5.74, 6) is -0.890. The molecule has 10 nitrogen and oxygen atoms in total. The van der Waals surface area contributed by atoms with E-state index in [0.717, 1.165) is 70.6 Å². The molecule has 0 fully saturated rings. The molecule has 57 heavy (non-hydrogen) atoms. The van der Waals surface area contributed by atoms with Crippen LogP contribution in [0.4, 0.5) is 0 Å². The SMILES string of the molecule is CCCCCC/C=C\CCCCCCCCCC(=O)O[C@H](COC(=O)CCC/C=C\C/C=C\C/C=C\C/C=C\CCC[C@@H](C)O)COP(=O)(O)OCC[N+](C)(C)C. The number of carbonyl (C=O) groups excluding carboxylic acids is 2. The van der Waals surface area contributed by atoms with E-state index in [9.17, 15) is 24.2 Å². The number of allylic oxidation sites excluding steroid dienone is 10. The number of phosphoric acid groups is 1. The van der Waals surface area contributed by atoms with Crippen LogP contribution < -0.4 is 0 Å². The number of ether oxygens (including phenoxy) is 2. The van der Waals surface area contributed by atoms with Crippen LogP contribution in [-0.4, -0.2) is 86.1 Å². The lowest BCUT2D eigenvalue weighted by Crippen LogP contribution is -2.37. The van der Waals surface area contributed by atoms with Gasteiger partial charge in [-0.2, -0.15) is 0 Å². The van der Waals surface area contributed by atoms with Gasteiger partial charge in [0.15, 0.2) is 6.10 Å². The zero-order valence-corrected chi connectivity index (χ0v) is 37.6. The molecule has 0 saturated heterocycles. The Morgan fingerprint density at radius 1 is 0.614 bits per heavy atom. The maximum atomic E-state index is 12.7. The zero-order valence-electron chi connectivity index (χ0n) is 36.7. The minimum Gasteiger partial charge on any atom is -0.462 e. The number of carbonyl (C=O) groups is 2. The highest BCUT2D eigenvalue weighted by Gasteiger charge is 2.27. The number of nitrogens with zero attached hydrogens (tertiary/aromatic N) is 1. The molecule has 330 valence electrons. The topological polar surface area (TPSA) is 129 Å². The van der Waals surface area contributed by atoms with Crippen molar-refractivity contribution in [2.45, 2.75) is 174 Å². The Kier molecular flexibility index (Phi) is 36.4. The summed E-state index contributed by atoms with van der Waals surface area (Å²) in [5, 5.41) is 9.27. The molecule has 0 spiro atoms. The van der Waals surface area contributed by atoms with Crippen LogP contribution in [0.5, 0.6) is 0 Å². The molecule has 0 rings (SSSR count). The molecule has 11 heteroatoms. The van der Waals surface area contributed by atoms with Crippen LogP contribution in [0.1, 0.15) is 162 Å². The first kappa shape index (κ1) is 54.7. The first-order valence-corrected chi connectivity index (χ1v) is 23.5. The Hall–Kier alpha value is -2.33. The molecular weight excluding hydrogens is 741 g/mol. The van der Waals surface area contributed by atoms with Crippen molar-refractivity contribution in [3.05, 3.63) is 60.8 Å². The summed E-state index contributed by atoms with van der Waals surface area (Å²) >= 11 is 0. The molecular formula is C46H83NO9P+. The van der Waals surface area contributed by atoms with Gasteiger partial charge in [0.2, 0.25) is 0 Å². The molecule has 3 atom stereocenters. The lowest BCUT2D eigenvalue weighted by Gasteiger charge is -2.24. The van der Waals surface area contributed by atoms with Gasteiger partial charge in [-0.3, -0.25) is 18.6 Å². The van der Waals surface area contributed by atoms with Crippen molar-refractivity contribution in [3.63, 3.8) is 0 Å². The van der Waals surface area contributed by atoms with Crippen LogP contribution in [-0.2, 0) is 32.7 Å². The molecule has 0 aromatic heterocycles. The van der Waals surface area contributed by atoms with Crippen LogP contribution >= 0.6 is 7.82 Å². The lowest BCUT2D eigenvalue weighted by molar-refractivity contribution is -0.870. The number of hydrogen-bond donors (Lipinski definition) is 2. The maximum Gasteiger partial charge on any atom is 0.472 e. The number of quaternary nitrogens is 1. The van der Waals surface area contributed by atoms with Crippen LogP contribution in [0, 0.1) is 0 Å². The first-order valence-electron chi connectivity index (χ1n) is 22.0. The lowest BCUT2D eigenvalue weighted by atomic mass is 10.1. The number of aliphatic hydroxyl groups is 1. The largest absolute Gasteiger partial charge is 0.472 e. The van der Waals surface area contributed by atoms with Gasteiger partial charge in [0.1, 0.15) is 19.8 Å². The molecule has 0 heterocycles. The highest BCUT2D eigenvalue weighted by Crippen LogP contribution is 2.43. The third kappa shape index (κ3) is 43.1. The number of unbranched alkanes of at least 4 members (excludes halogenated alkanes) is 13. The van der Waals surface area contributed by atoms with E-state index >= 15 is 0 Å². The summed E-state index contributed by atoms with van der Waals surface area (Å²) in [7, 11) is 1.42. The average molecular weight is 825 g/mol. The van der Waals surface area contributed by atoms with Crippen molar-refractivity contribution in [2.24, 2.45) is 0 Å². The second-order valence-corrected chi connectivity index (χ2v) is 17.5. The van der Waals surface area contributed by atoms with Gasteiger partial charge < -0.3 is 24.0 Å². The molecule has 0 aliphatic carbocycles. The smallest absolute Gasteiger partial charge is 0.462 e. The van der Waals surface area contributed by atoms with Gasteiger partial charge >= 0.3 is 19.8 Å². The number of esters is 2. The molecule has 0 aliphatic heterocycles. The fraction of sp³-hybridized carbons (Fsp3) is 0.739. The molecule has 0 aromatic rings. The molecule has 0 aliphatic rings. The summed E-state index contributed by atoms with van der Waals surface area (Å²) in [6.07, 6.45) is 42.6. The number of aliphatic hydroxyl groups excluding tert-OH is 1. The van der Waals surface area contributed by atoms with Gasteiger partial charge in [-0.25, -0.2) is 4.57 Å². The third-order valence-electron chi connectivity index (χ3n) is 9.04. The minimum atomic E-state index is -4.40. The van der Waals surface area contributed by atoms with Gasteiger partial charge in [0, 0.05) is 12.8 Å². The second kappa shape index (κ2) is 37.9. The minimum absolute atomic E-state index is 0.0147. The van der Waals surface area contributed by atoms with Crippen molar-refractivity contribution in [3.8, 4) is 0 Å². The predicted octanol–water partition coefficient (Wildman–Crippen LogP) is 11.4. The Morgan fingerprint density at radius 2 is 1.09 bits per heavy atom. The van der Waals surface area contributed by atoms with E-state index in [-0.39, 0.29) is 32.2 Å². The van der Waals surface area contributed by atoms with Gasteiger partial charge in [0.25, 0.3) is 0 Å². The van der Waals surface area contributed by atoms with E-state index in [4.69, 9.17) is 18.5 Å². The summed E-state index contributed by atoms with van der Waals surface area (Å²) < 4.78 is 34.2. The van der Waals surface area contributed by atoms with Gasteiger partial charge in [-0.1, -0.05) is 119 Å². The maximum absolute atomic E-state index is 12.7. The van der Waals surface area contributed by atoms with Crippen molar-refractivity contribution in [1.82, 2.24) is 0 Å². The Labute approximate surface area is 348 Å². The fourth-order valence-corrected chi connectivity index (χ4v) is 6.29. The van der Waals surface area contributed by atoms with E-state index in [0.29, 0.717) is 23.9 Å². The van der Waals surface area contributed by atoms with Gasteiger partial charge in [0.05, 0.1) is 33.9 Å². The van der Waals surface area contributed by atoms with E-state index in [1.165, 1.54) is 51.4 Å². The predicted molar refractivity (Wildman–Crippen MR) is 235 cm³/mol. The van der Waals surface area contributed by atoms with Gasteiger partial charge in [-0.15, -0.1) is 0 Å². The molecule has 0 amide bonds. The number of phosphoric ester groups is 1. The summed E-state index contributed by atoms with van der Waals surface area (Å²) in [4.78, 5) is 35.3. The normalized spacial score (nSPS) is 14.7. The molecule has 0 saturated carbocycles. The van der Waals surface area contributed by atoms with Crippen molar-refractivity contribution in [2.75, 3.05) is 47.5 Å². The summed E-state index contributed by atoms with van der Waals surface area (Å²) in [6.45, 7) is 3.87. The van der Waals surface area contributed by atoms with Crippen LogP contribution in [0.3, 0.4) is 0 Å². The quantitative estimate of drug-likeness (QED) is 0.0205. The fourth-order valence-electron chi connectivity index (χ4n) is 5.55. The molecule has 0 aromatic carbocycles. The average Bonchev–Trinajstić information content (AvgIpc) is 3.14. The van der Waals surface area contributed by atoms with E-state index < -0.39 is 32.5 Å². The van der Waals surface area contributed by atoms with E-state index in [2.05, 4.69) is 61.6 Å². The van der Waals surface area contributed by atoms with Crippen molar-refractivity contribution < 1.29 is 47.2 Å². The third-order valence-corrected chi connectivity index (χ3v) is 10.0.